The predicted molar refractivity (Wildman–Crippen MR) is 124 cm³/mol. The molecule has 0 unspecified atom stereocenters. The molecule has 6 heteroatoms. The molecule has 0 bridgehead atoms. The second-order valence-corrected chi connectivity index (χ2v) is 9.80. The van der Waals surface area contributed by atoms with E-state index in [2.05, 4.69) is 35.2 Å². The molecule has 4 aromatic heterocycles. The number of hydrogen-bond donors (Lipinski definition) is 0. The summed E-state index contributed by atoms with van der Waals surface area (Å²) in [5, 5.41) is 13.4. The van der Waals surface area contributed by atoms with Crippen molar-refractivity contribution < 1.29 is 0 Å². The highest BCUT2D eigenvalue weighted by molar-refractivity contribution is 7.23. The summed E-state index contributed by atoms with van der Waals surface area (Å²) in [7, 11) is 0. The zero-order valence-electron chi connectivity index (χ0n) is 14.5. The fraction of sp³-hybridized carbons (Fsp3) is 0. The highest BCUT2D eigenvalue weighted by atomic mass is 32.1. The molecule has 0 radical (unpaired) electrons. The molecule has 4 rings (SSSR count). The average molecular weight is 433 g/mol. The summed E-state index contributed by atoms with van der Waals surface area (Å²) >= 11 is 6.50. The molecule has 0 spiro atoms. The molecule has 0 aliphatic carbocycles. The van der Waals surface area contributed by atoms with Crippen LogP contribution in [-0.4, -0.2) is 0 Å². The van der Waals surface area contributed by atoms with Crippen molar-refractivity contribution in [3.8, 4) is 15.8 Å². The molecule has 2 nitrogen and oxygen atoms in total. The van der Waals surface area contributed by atoms with E-state index in [1.165, 1.54) is 9.75 Å². The van der Waals surface area contributed by atoms with Gasteiger partial charge in [-0.25, -0.2) is 4.85 Å². The normalized spacial score (nSPS) is 11.9. The first-order valence-electron chi connectivity index (χ1n) is 8.25. The van der Waals surface area contributed by atoms with E-state index in [-0.39, 0.29) is 0 Å². The Kier molecular flexibility index (Phi) is 5.66. The van der Waals surface area contributed by atoms with Crippen LogP contribution in [0.1, 0.15) is 19.5 Å². The summed E-state index contributed by atoms with van der Waals surface area (Å²) < 4.78 is 0. The Bertz CT molecular complexity index is 1120. The molecule has 0 fully saturated rings. The van der Waals surface area contributed by atoms with E-state index in [9.17, 15) is 5.26 Å². The van der Waals surface area contributed by atoms with Gasteiger partial charge in [0.25, 0.3) is 0 Å². The molecule has 0 saturated heterocycles. The van der Waals surface area contributed by atoms with Crippen molar-refractivity contribution in [3.05, 3.63) is 90.2 Å². The summed E-state index contributed by atoms with van der Waals surface area (Å²) in [6.45, 7) is 7.44. The van der Waals surface area contributed by atoms with Crippen molar-refractivity contribution in [1.82, 2.24) is 0 Å². The van der Waals surface area contributed by atoms with Gasteiger partial charge < -0.3 is 0 Å². The lowest BCUT2D eigenvalue weighted by Crippen LogP contribution is -1.72. The van der Waals surface area contributed by atoms with E-state index >= 15 is 0 Å². The highest BCUT2D eigenvalue weighted by Gasteiger charge is 2.09. The first-order valence-corrected chi connectivity index (χ1v) is 11.6. The van der Waals surface area contributed by atoms with Gasteiger partial charge in [0.05, 0.1) is 12.1 Å². The van der Waals surface area contributed by atoms with Gasteiger partial charge in [0.15, 0.2) is 0 Å². The Labute approximate surface area is 179 Å². The van der Waals surface area contributed by atoms with Crippen molar-refractivity contribution in [2.24, 2.45) is 0 Å². The maximum Gasteiger partial charge on any atom is 0.205 e. The third-order valence-corrected chi connectivity index (χ3v) is 7.92. The average Bonchev–Trinajstić information content (AvgIpc) is 3.50. The molecule has 134 valence electrons. The van der Waals surface area contributed by atoms with Gasteiger partial charge in [-0.2, -0.15) is 16.6 Å². The van der Waals surface area contributed by atoms with Crippen molar-refractivity contribution in [2.75, 3.05) is 0 Å². The van der Waals surface area contributed by atoms with E-state index in [1.54, 1.807) is 45.3 Å². The zero-order valence-corrected chi connectivity index (χ0v) is 17.7. The molecular weight excluding hydrogens is 421 g/mol. The van der Waals surface area contributed by atoms with Crippen LogP contribution in [0.25, 0.3) is 38.0 Å². The van der Waals surface area contributed by atoms with Gasteiger partial charge in [-0.15, -0.1) is 34.0 Å². The van der Waals surface area contributed by atoms with Crippen LogP contribution in [0.3, 0.4) is 0 Å². The summed E-state index contributed by atoms with van der Waals surface area (Å²) in [4.78, 5) is 10.1. The summed E-state index contributed by atoms with van der Waals surface area (Å²) in [5.74, 6) is 0. The van der Waals surface area contributed by atoms with Crippen LogP contribution in [0.4, 0.5) is 0 Å². The molecule has 0 atom stereocenters. The second kappa shape index (κ2) is 8.52. The number of hydrogen-bond acceptors (Lipinski definition) is 5. The Morgan fingerprint density at radius 2 is 1.46 bits per heavy atom. The fourth-order valence-corrected chi connectivity index (χ4v) is 5.94. The van der Waals surface area contributed by atoms with E-state index in [1.807, 2.05) is 47.2 Å². The number of nitriles is 1. The van der Waals surface area contributed by atoms with Gasteiger partial charge in [-0.1, -0.05) is 18.2 Å². The summed E-state index contributed by atoms with van der Waals surface area (Å²) in [6.07, 6.45) is 3.90. The smallest absolute Gasteiger partial charge is 0.205 e. The molecule has 0 amide bonds. The second-order valence-electron chi connectivity index (χ2n) is 5.67. The maximum atomic E-state index is 9.44. The van der Waals surface area contributed by atoms with Crippen LogP contribution in [-0.2, 0) is 0 Å². The van der Waals surface area contributed by atoms with Crippen molar-refractivity contribution >= 4 is 68.8 Å². The quantitative estimate of drug-likeness (QED) is 0.231. The summed E-state index contributed by atoms with van der Waals surface area (Å²) in [6, 6.07) is 18.4. The fourth-order valence-electron chi connectivity index (χ4n) is 2.58. The molecule has 0 saturated carbocycles. The first-order chi connectivity index (χ1) is 13.8. The third kappa shape index (κ3) is 4.06. The Morgan fingerprint density at radius 3 is 2.00 bits per heavy atom. The first kappa shape index (κ1) is 18.6. The van der Waals surface area contributed by atoms with Crippen LogP contribution < -0.4 is 0 Å². The Morgan fingerprint density at radius 1 is 0.857 bits per heavy atom. The lowest BCUT2D eigenvalue weighted by atomic mass is 10.2. The molecule has 0 aliphatic rings. The molecule has 4 aromatic rings. The van der Waals surface area contributed by atoms with Gasteiger partial charge in [-0.05, 0) is 53.2 Å². The maximum absolute atomic E-state index is 9.44. The van der Waals surface area contributed by atoms with Crippen LogP contribution in [0.5, 0.6) is 0 Å². The van der Waals surface area contributed by atoms with E-state index < -0.39 is 0 Å². The minimum Gasteiger partial charge on any atom is -0.237 e. The zero-order chi connectivity index (χ0) is 19.3. The van der Waals surface area contributed by atoms with Crippen LogP contribution in [0.2, 0.25) is 0 Å². The minimum atomic E-state index is 0.674. The Hall–Kier alpha value is -2.74. The molecule has 4 heterocycles. The van der Waals surface area contributed by atoms with Crippen molar-refractivity contribution in [3.63, 3.8) is 0 Å². The molecular formula is C22H12N2S4. The number of allylic oxidation sites excluding steroid dienone is 1. The van der Waals surface area contributed by atoms with Crippen molar-refractivity contribution in [2.45, 2.75) is 0 Å². The van der Waals surface area contributed by atoms with Gasteiger partial charge in [0.2, 0.25) is 5.70 Å². The molecule has 0 aliphatic heterocycles. The summed E-state index contributed by atoms with van der Waals surface area (Å²) in [5.41, 5.74) is 1.36. The van der Waals surface area contributed by atoms with Gasteiger partial charge in [-0.3, -0.25) is 0 Å². The van der Waals surface area contributed by atoms with Crippen LogP contribution in [0, 0.1) is 17.9 Å². The molecule has 0 N–H and O–H groups in total. The van der Waals surface area contributed by atoms with E-state index in [0.29, 0.717) is 11.3 Å². The number of nitrogens with zero attached hydrogens (tertiary/aromatic N) is 2. The number of thiophene rings is 4. The Balaban J connectivity index is 1.59. The topological polar surface area (TPSA) is 28.1 Å². The highest BCUT2D eigenvalue weighted by Crippen LogP contribution is 2.36. The van der Waals surface area contributed by atoms with E-state index in [0.717, 1.165) is 19.5 Å². The molecule has 28 heavy (non-hydrogen) atoms. The van der Waals surface area contributed by atoms with E-state index in [4.69, 9.17) is 6.57 Å². The van der Waals surface area contributed by atoms with Gasteiger partial charge in [0, 0.05) is 29.3 Å². The third-order valence-electron chi connectivity index (χ3n) is 3.86. The van der Waals surface area contributed by atoms with Gasteiger partial charge in [0.1, 0.15) is 6.07 Å². The monoisotopic (exact) mass is 432 g/mol. The number of rotatable bonds is 5. The predicted octanol–water partition coefficient (Wildman–Crippen LogP) is 8.08. The minimum absolute atomic E-state index is 0.674. The lowest BCUT2D eigenvalue weighted by molar-refractivity contribution is 1.54. The standard InChI is InChI=1S/C22H12N2S4/c1-24-18(20-5-3-11-26-20)13-17-7-9-22(28-17)21-8-6-16(27-21)12-15(14-23)19-4-2-10-25-19/h2-13H/b15-12+,18-13-. The SMILES string of the molecule is [C-]#[N+]/C(=C\c1ccc(-c2ccc(/C=C(\C#N)c3cccs3)s2)s1)c1cccs1. The lowest BCUT2D eigenvalue weighted by Gasteiger charge is -1.93. The van der Waals surface area contributed by atoms with Gasteiger partial charge >= 0.3 is 0 Å². The van der Waals surface area contributed by atoms with Crippen LogP contribution in [0.15, 0.2) is 59.3 Å². The van der Waals surface area contributed by atoms with Crippen molar-refractivity contribution in [1.29, 1.82) is 5.26 Å². The molecule has 0 aromatic carbocycles. The van der Waals surface area contributed by atoms with Crippen LogP contribution >= 0.6 is 45.3 Å². The largest absolute Gasteiger partial charge is 0.237 e.